The first-order valence-corrected chi connectivity index (χ1v) is 9.96. The highest BCUT2D eigenvalue weighted by atomic mass is 16.1. The molecule has 3 rings (SSSR count). The summed E-state index contributed by atoms with van der Waals surface area (Å²) in [6.45, 7) is 10.3. The van der Waals surface area contributed by atoms with E-state index in [0.717, 1.165) is 23.2 Å². The van der Waals surface area contributed by atoms with E-state index >= 15 is 0 Å². The highest BCUT2D eigenvalue weighted by Gasteiger charge is 2.27. The standard InChI is InChI=1S/C25H30N2O/c1-17-10-8-13-21(23(17)22-14-6-7-15-26-22)19-11-9-12-20(16-19)24(28)18(2)27-25(3,4)5/h6-15,18,20,27H,16H2,1-5H3/t18-,20?/m1/s1. The average molecular weight is 375 g/mol. The second kappa shape index (κ2) is 8.24. The summed E-state index contributed by atoms with van der Waals surface area (Å²) >= 11 is 0. The topological polar surface area (TPSA) is 42.0 Å². The molecule has 0 radical (unpaired) electrons. The summed E-state index contributed by atoms with van der Waals surface area (Å²) in [7, 11) is 0. The number of nitrogens with one attached hydrogen (secondary N) is 1. The quantitative estimate of drug-likeness (QED) is 0.766. The fraction of sp³-hybridized carbons (Fsp3) is 0.360. The summed E-state index contributed by atoms with van der Waals surface area (Å²) in [5.74, 6) is 0.130. The van der Waals surface area contributed by atoms with Gasteiger partial charge in [0.05, 0.1) is 11.7 Å². The van der Waals surface area contributed by atoms with Crippen molar-refractivity contribution in [3.05, 3.63) is 72.0 Å². The third kappa shape index (κ3) is 4.66. The van der Waals surface area contributed by atoms with Gasteiger partial charge in [-0.15, -0.1) is 0 Å². The lowest BCUT2D eigenvalue weighted by Crippen LogP contribution is -2.47. The largest absolute Gasteiger partial charge is 0.303 e. The van der Waals surface area contributed by atoms with Crippen molar-refractivity contribution in [2.75, 3.05) is 0 Å². The van der Waals surface area contributed by atoms with Gasteiger partial charge in [-0.05, 0) is 69.9 Å². The highest BCUT2D eigenvalue weighted by Crippen LogP contribution is 2.36. The van der Waals surface area contributed by atoms with Gasteiger partial charge in [0.25, 0.3) is 0 Å². The predicted octanol–water partition coefficient (Wildman–Crippen LogP) is 5.36. The molecule has 146 valence electrons. The summed E-state index contributed by atoms with van der Waals surface area (Å²) in [6, 6.07) is 12.1. The molecule has 1 unspecified atom stereocenters. The number of benzene rings is 1. The zero-order valence-corrected chi connectivity index (χ0v) is 17.5. The maximum atomic E-state index is 13.0. The summed E-state index contributed by atoms with van der Waals surface area (Å²) in [4.78, 5) is 17.6. The molecule has 1 N–H and O–H groups in total. The van der Waals surface area contributed by atoms with E-state index in [1.165, 1.54) is 11.1 Å². The molecule has 28 heavy (non-hydrogen) atoms. The second-order valence-corrected chi connectivity index (χ2v) is 8.62. The van der Waals surface area contributed by atoms with Crippen LogP contribution in [-0.2, 0) is 4.79 Å². The van der Waals surface area contributed by atoms with Gasteiger partial charge in [-0.1, -0.05) is 42.5 Å². The number of Topliss-reactive ketones (excluding diaryl/α,β-unsaturated/α-hetero) is 1. The second-order valence-electron chi connectivity index (χ2n) is 8.62. The number of carbonyl (C=O) groups is 1. The van der Waals surface area contributed by atoms with E-state index in [1.54, 1.807) is 0 Å². The maximum Gasteiger partial charge on any atom is 0.156 e. The molecule has 1 heterocycles. The number of nitrogens with zero attached hydrogens (tertiary/aromatic N) is 1. The van der Waals surface area contributed by atoms with Crippen LogP contribution in [0.4, 0.5) is 0 Å². The number of aryl methyl sites for hydroxylation is 1. The van der Waals surface area contributed by atoms with Crippen molar-refractivity contribution < 1.29 is 4.79 Å². The van der Waals surface area contributed by atoms with E-state index in [-0.39, 0.29) is 23.3 Å². The summed E-state index contributed by atoms with van der Waals surface area (Å²) in [5, 5.41) is 3.40. The van der Waals surface area contributed by atoms with Gasteiger partial charge in [-0.25, -0.2) is 0 Å². The van der Waals surface area contributed by atoms with Crippen molar-refractivity contribution in [2.45, 2.75) is 52.6 Å². The number of allylic oxidation sites excluding steroid dienone is 4. The van der Waals surface area contributed by atoms with Crippen LogP contribution in [0, 0.1) is 12.8 Å². The predicted molar refractivity (Wildman–Crippen MR) is 117 cm³/mol. The van der Waals surface area contributed by atoms with Crippen LogP contribution in [0.5, 0.6) is 0 Å². The average Bonchev–Trinajstić information content (AvgIpc) is 2.66. The van der Waals surface area contributed by atoms with Crippen molar-refractivity contribution in [3.63, 3.8) is 0 Å². The van der Waals surface area contributed by atoms with Crippen LogP contribution in [0.25, 0.3) is 16.8 Å². The van der Waals surface area contributed by atoms with Gasteiger partial charge in [-0.3, -0.25) is 9.78 Å². The van der Waals surface area contributed by atoms with Gasteiger partial charge < -0.3 is 5.32 Å². The van der Waals surface area contributed by atoms with Gasteiger partial charge in [0, 0.05) is 23.2 Å². The molecule has 0 bridgehead atoms. The number of carbonyl (C=O) groups excluding carboxylic acids is 1. The van der Waals surface area contributed by atoms with Crippen molar-refractivity contribution in [2.24, 2.45) is 5.92 Å². The van der Waals surface area contributed by atoms with Gasteiger partial charge >= 0.3 is 0 Å². The fourth-order valence-corrected chi connectivity index (χ4v) is 3.90. The fourth-order valence-electron chi connectivity index (χ4n) is 3.90. The lowest BCUT2D eigenvalue weighted by Gasteiger charge is -2.28. The van der Waals surface area contributed by atoms with Crippen LogP contribution in [0.1, 0.15) is 45.2 Å². The molecule has 3 nitrogen and oxygen atoms in total. The Morgan fingerprint density at radius 1 is 1.18 bits per heavy atom. The number of hydrogen-bond donors (Lipinski definition) is 1. The van der Waals surface area contributed by atoms with E-state index < -0.39 is 0 Å². The molecule has 1 aliphatic rings. The number of pyridine rings is 1. The molecular weight excluding hydrogens is 344 g/mol. The Morgan fingerprint density at radius 3 is 2.64 bits per heavy atom. The molecule has 3 heteroatoms. The Bertz CT molecular complexity index is 904. The van der Waals surface area contributed by atoms with E-state index in [9.17, 15) is 4.79 Å². The molecule has 0 aliphatic heterocycles. The third-order valence-electron chi connectivity index (χ3n) is 5.06. The summed E-state index contributed by atoms with van der Waals surface area (Å²) in [6.07, 6.45) is 8.73. The Labute approximate surface area is 168 Å². The van der Waals surface area contributed by atoms with Crippen LogP contribution >= 0.6 is 0 Å². The van der Waals surface area contributed by atoms with Crippen molar-refractivity contribution in [3.8, 4) is 11.3 Å². The first-order valence-electron chi connectivity index (χ1n) is 9.96. The molecule has 0 spiro atoms. The Hall–Kier alpha value is -2.52. The number of hydrogen-bond acceptors (Lipinski definition) is 3. The van der Waals surface area contributed by atoms with Crippen molar-refractivity contribution in [1.82, 2.24) is 10.3 Å². The van der Waals surface area contributed by atoms with Crippen molar-refractivity contribution in [1.29, 1.82) is 0 Å². The summed E-state index contributed by atoms with van der Waals surface area (Å²) < 4.78 is 0. The van der Waals surface area contributed by atoms with Gasteiger partial charge in [0.1, 0.15) is 0 Å². The van der Waals surface area contributed by atoms with Gasteiger partial charge in [-0.2, -0.15) is 0 Å². The zero-order valence-electron chi connectivity index (χ0n) is 17.5. The van der Waals surface area contributed by atoms with Gasteiger partial charge in [0.15, 0.2) is 5.78 Å². The zero-order chi connectivity index (χ0) is 20.3. The summed E-state index contributed by atoms with van der Waals surface area (Å²) in [5.41, 5.74) is 5.57. The molecule has 0 saturated heterocycles. The van der Waals surface area contributed by atoms with Crippen LogP contribution in [0.15, 0.2) is 60.8 Å². The van der Waals surface area contributed by atoms with E-state index in [4.69, 9.17) is 0 Å². The molecular formula is C25H30N2O. The molecule has 2 atom stereocenters. The first-order chi connectivity index (χ1) is 13.3. The molecule has 0 saturated carbocycles. The van der Waals surface area contributed by atoms with E-state index in [1.807, 2.05) is 43.5 Å². The van der Waals surface area contributed by atoms with Crippen LogP contribution in [-0.4, -0.2) is 22.3 Å². The lowest BCUT2D eigenvalue weighted by molar-refractivity contribution is -0.123. The molecule has 0 fully saturated rings. The number of rotatable bonds is 5. The molecule has 1 aromatic heterocycles. The minimum atomic E-state index is -0.179. The first kappa shape index (κ1) is 20.2. The van der Waals surface area contributed by atoms with E-state index in [0.29, 0.717) is 0 Å². The van der Waals surface area contributed by atoms with Gasteiger partial charge in [0.2, 0.25) is 0 Å². The van der Waals surface area contributed by atoms with Crippen molar-refractivity contribution >= 4 is 11.4 Å². The molecule has 0 amide bonds. The van der Waals surface area contributed by atoms with Crippen LogP contribution in [0.2, 0.25) is 0 Å². The van der Waals surface area contributed by atoms with E-state index in [2.05, 4.69) is 62.3 Å². The number of aromatic nitrogens is 1. The molecule has 1 aliphatic carbocycles. The Morgan fingerprint density at radius 2 is 1.96 bits per heavy atom. The third-order valence-corrected chi connectivity index (χ3v) is 5.06. The maximum absolute atomic E-state index is 13.0. The Kier molecular flexibility index (Phi) is 5.95. The smallest absolute Gasteiger partial charge is 0.156 e. The molecule has 1 aromatic carbocycles. The normalized spacial score (nSPS) is 17.9. The van der Waals surface area contributed by atoms with Crippen LogP contribution < -0.4 is 5.32 Å². The lowest BCUT2D eigenvalue weighted by atomic mass is 9.82. The van der Waals surface area contributed by atoms with Crippen LogP contribution in [0.3, 0.4) is 0 Å². The minimum absolute atomic E-state index is 0.0885. The molecule has 2 aromatic rings. The number of ketones is 1. The monoisotopic (exact) mass is 374 g/mol. The highest BCUT2D eigenvalue weighted by molar-refractivity contribution is 5.91. The SMILES string of the molecule is Cc1cccc(C2=CC=CC(C(=O)[C@@H](C)NC(C)(C)C)C2)c1-c1ccccn1. The minimum Gasteiger partial charge on any atom is -0.303 e. The Balaban J connectivity index is 1.89.